The molecule has 2 bridgehead atoms. The predicted molar refractivity (Wildman–Crippen MR) is 84.4 cm³/mol. The lowest BCUT2D eigenvalue weighted by Gasteiger charge is -2.44. The lowest BCUT2D eigenvalue weighted by atomic mass is 9.83. The van der Waals surface area contributed by atoms with Crippen LogP contribution in [0.5, 0.6) is 0 Å². The van der Waals surface area contributed by atoms with Crippen LogP contribution in [0.4, 0.5) is 0 Å². The van der Waals surface area contributed by atoms with Crippen molar-refractivity contribution in [2.24, 2.45) is 0 Å². The van der Waals surface area contributed by atoms with Gasteiger partial charge in [-0.25, -0.2) is 0 Å². The molecule has 3 aliphatic rings. The van der Waals surface area contributed by atoms with E-state index in [2.05, 4.69) is 41.4 Å². The number of ether oxygens (including phenoxy) is 1. The molecule has 2 saturated heterocycles. The highest BCUT2D eigenvalue weighted by molar-refractivity contribution is 5.34. The third-order valence-corrected chi connectivity index (χ3v) is 5.45. The molecule has 0 amide bonds. The minimum Gasteiger partial charge on any atom is -0.372 e. The Balaban J connectivity index is 1.60. The molecule has 4 rings (SSSR count). The Labute approximate surface area is 127 Å². The standard InChI is InChI=1S/C18H26N2O/c1-2-19-18-16-6-4-3-5-13(16)7-10-17(18)20-11-14-8-9-15(12-20)21-14/h3-6,14-15,17-19H,2,7-12H2,1H3. The molecular formula is C18H26N2O. The van der Waals surface area contributed by atoms with Crippen molar-refractivity contribution in [2.45, 2.75) is 56.9 Å². The molecule has 21 heavy (non-hydrogen) atoms. The van der Waals surface area contributed by atoms with Crippen molar-refractivity contribution in [1.29, 1.82) is 0 Å². The zero-order chi connectivity index (χ0) is 14.2. The molecule has 0 saturated carbocycles. The molecule has 1 aliphatic carbocycles. The number of rotatable bonds is 3. The van der Waals surface area contributed by atoms with Gasteiger partial charge in [-0.3, -0.25) is 4.90 Å². The van der Waals surface area contributed by atoms with Crippen LogP contribution in [-0.4, -0.2) is 42.8 Å². The average molecular weight is 286 g/mol. The van der Waals surface area contributed by atoms with E-state index in [4.69, 9.17) is 4.74 Å². The summed E-state index contributed by atoms with van der Waals surface area (Å²) in [5.41, 5.74) is 3.06. The molecule has 0 radical (unpaired) electrons. The number of likely N-dealkylation sites (tertiary alicyclic amines) is 1. The van der Waals surface area contributed by atoms with Crippen LogP contribution in [0.1, 0.15) is 43.4 Å². The van der Waals surface area contributed by atoms with Gasteiger partial charge in [-0.05, 0) is 43.4 Å². The number of nitrogens with one attached hydrogen (secondary N) is 1. The van der Waals surface area contributed by atoms with E-state index in [1.807, 2.05) is 0 Å². The van der Waals surface area contributed by atoms with E-state index in [-0.39, 0.29) is 0 Å². The molecule has 114 valence electrons. The lowest BCUT2D eigenvalue weighted by molar-refractivity contribution is -0.0600. The molecule has 0 spiro atoms. The van der Waals surface area contributed by atoms with E-state index in [0.717, 1.165) is 19.6 Å². The van der Waals surface area contributed by atoms with Crippen LogP contribution >= 0.6 is 0 Å². The van der Waals surface area contributed by atoms with Crippen molar-refractivity contribution in [3.63, 3.8) is 0 Å². The van der Waals surface area contributed by atoms with Gasteiger partial charge < -0.3 is 10.1 Å². The third-order valence-electron chi connectivity index (χ3n) is 5.45. The van der Waals surface area contributed by atoms with Crippen LogP contribution in [0.2, 0.25) is 0 Å². The molecule has 1 aromatic carbocycles. The molecular weight excluding hydrogens is 260 g/mol. The van der Waals surface area contributed by atoms with E-state index in [1.54, 1.807) is 0 Å². The van der Waals surface area contributed by atoms with Gasteiger partial charge in [0.05, 0.1) is 12.2 Å². The summed E-state index contributed by atoms with van der Waals surface area (Å²) < 4.78 is 6.02. The maximum atomic E-state index is 6.02. The number of likely N-dealkylation sites (N-methyl/N-ethyl adjacent to an activating group) is 1. The van der Waals surface area contributed by atoms with Gasteiger partial charge >= 0.3 is 0 Å². The highest BCUT2D eigenvalue weighted by Crippen LogP contribution is 2.36. The summed E-state index contributed by atoms with van der Waals surface area (Å²) in [6, 6.07) is 10.1. The van der Waals surface area contributed by atoms with Crippen molar-refractivity contribution in [1.82, 2.24) is 10.2 Å². The second-order valence-electron chi connectivity index (χ2n) is 6.75. The number of nitrogens with zero attached hydrogens (tertiary/aromatic N) is 1. The minimum atomic E-state index is 0.484. The lowest BCUT2D eigenvalue weighted by Crippen LogP contribution is -2.53. The number of hydrogen-bond acceptors (Lipinski definition) is 3. The van der Waals surface area contributed by atoms with Crippen molar-refractivity contribution >= 4 is 0 Å². The smallest absolute Gasteiger partial charge is 0.0707 e. The van der Waals surface area contributed by atoms with Gasteiger partial charge in [0, 0.05) is 25.2 Å². The normalized spacial score (nSPS) is 35.7. The molecule has 4 unspecified atom stereocenters. The van der Waals surface area contributed by atoms with Crippen LogP contribution in [0.3, 0.4) is 0 Å². The van der Waals surface area contributed by atoms with Crippen molar-refractivity contribution in [3.8, 4) is 0 Å². The molecule has 2 heterocycles. The Morgan fingerprint density at radius 1 is 1.14 bits per heavy atom. The quantitative estimate of drug-likeness (QED) is 0.924. The van der Waals surface area contributed by atoms with Crippen molar-refractivity contribution < 1.29 is 4.74 Å². The second-order valence-corrected chi connectivity index (χ2v) is 6.75. The van der Waals surface area contributed by atoms with E-state index in [0.29, 0.717) is 24.3 Å². The first-order valence-electron chi connectivity index (χ1n) is 8.56. The highest BCUT2D eigenvalue weighted by atomic mass is 16.5. The van der Waals surface area contributed by atoms with Crippen LogP contribution in [0.25, 0.3) is 0 Å². The van der Waals surface area contributed by atoms with E-state index in [9.17, 15) is 0 Å². The molecule has 0 aromatic heterocycles. The Hall–Kier alpha value is -0.900. The summed E-state index contributed by atoms with van der Waals surface area (Å²) in [6.07, 6.45) is 5.99. The monoisotopic (exact) mass is 286 g/mol. The average Bonchev–Trinajstić information content (AvgIpc) is 2.86. The minimum absolute atomic E-state index is 0.484. The molecule has 1 N–H and O–H groups in total. The second kappa shape index (κ2) is 5.71. The SMILES string of the molecule is CCNC1c2ccccc2CCC1N1CC2CCC(C1)O2. The molecule has 2 aliphatic heterocycles. The van der Waals surface area contributed by atoms with Crippen molar-refractivity contribution in [2.75, 3.05) is 19.6 Å². The zero-order valence-corrected chi connectivity index (χ0v) is 12.9. The summed E-state index contributed by atoms with van der Waals surface area (Å²) in [4.78, 5) is 2.72. The van der Waals surface area contributed by atoms with Crippen LogP contribution in [0, 0.1) is 0 Å². The van der Waals surface area contributed by atoms with E-state index < -0.39 is 0 Å². The Bertz CT molecular complexity index is 492. The summed E-state index contributed by atoms with van der Waals surface area (Å²) in [5, 5.41) is 3.76. The first-order chi connectivity index (χ1) is 10.3. The first kappa shape index (κ1) is 13.7. The van der Waals surface area contributed by atoms with Crippen LogP contribution < -0.4 is 5.32 Å². The summed E-state index contributed by atoms with van der Waals surface area (Å²) in [6.45, 7) is 5.51. The molecule has 2 fully saturated rings. The van der Waals surface area contributed by atoms with E-state index in [1.165, 1.54) is 36.8 Å². The largest absolute Gasteiger partial charge is 0.372 e. The first-order valence-corrected chi connectivity index (χ1v) is 8.56. The van der Waals surface area contributed by atoms with Gasteiger partial charge in [-0.15, -0.1) is 0 Å². The van der Waals surface area contributed by atoms with Gasteiger partial charge in [0.15, 0.2) is 0 Å². The number of morpholine rings is 1. The van der Waals surface area contributed by atoms with Crippen LogP contribution in [-0.2, 0) is 11.2 Å². The van der Waals surface area contributed by atoms with Gasteiger partial charge in [0.25, 0.3) is 0 Å². The number of fused-ring (bicyclic) bond motifs is 3. The maximum absolute atomic E-state index is 6.02. The van der Waals surface area contributed by atoms with Crippen molar-refractivity contribution in [3.05, 3.63) is 35.4 Å². The molecule has 1 aromatic rings. The Morgan fingerprint density at radius 3 is 2.67 bits per heavy atom. The fourth-order valence-electron chi connectivity index (χ4n) is 4.52. The highest BCUT2D eigenvalue weighted by Gasteiger charge is 2.40. The number of hydrogen-bond donors (Lipinski definition) is 1. The third kappa shape index (κ3) is 2.52. The number of aryl methyl sites for hydroxylation is 1. The van der Waals surface area contributed by atoms with Gasteiger partial charge in [0.1, 0.15) is 0 Å². The topological polar surface area (TPSA) is 24.5 Å². The van der Waals surface area contributed by atoms with Gasteiger partial charge in [-0.2, -0.15) is 0 Å². The summed E-state index contributed by atoms with van der Waals surface area (Å²) >= 11 is 0. The van der Waals surface area contributed by atoms with Gasteiger partial charge in [0.2, 0.25) is 0 Å². The fraction of sp³-hybridized carbons (Fsp3) is 0.667. The fourth-order valence-corrected chi connectivity index (χ4v) is 4.52. The maximum Gasteiger partial charge on any atom is 0.0707 e. The zero-order valence-electron chi connectivity index (χ0n) is 12.9. The Morgan fingerprint density at radius 2 is 1.90 bits per heavy atom. The molecule has 3 nitrogen and oxygen atoms in total. The molecule has 4 atom stereocenters. The Kier molecular flexibility index (Phi) is 3.74. The number of benzene rings is 1. The van der Waals surface area contributed by atoms with E-state index >= 15 is 0 Å². The predicted octanol–water partition coefficient (Wildman–Crippen LogP) is 2.52. The summed E-state index contributed by atoms with van der Waals surface area (Å²) in [5.74, 6) is 0. The van der Waals surface area contributed by atoms with Crippen LogP contribution in [0.15, 0.2) is 24.3 Å². The van der Waals surface area contributed by atoms with Gasteiger partial charge in [-0.1, -0.05) is 31.2 Å². The molecule has 3 heteroatoms. The summed E-state index contributed by atoms with van der Waals surface area (Å²) in [7, 11) is 0.